The Balaban J connectivity index is 2.09. The summed E-state index contributed by atoms with van der Waals surface area (Å²) in [5.74, 6) is 0. The highest BCUT2D eigenvalue weighted by molar-refractivity contribution is 5.84. The van der Waals surface area contributed by atoms with E-state index in [0.717, 1.165) is 39.3 Å². The lowest BCUT2D eigenvalue weighted by Gasteiger charge is -2.04. The number of aromatic nitrogens is 1. The van der Waals surface area contributed by atoms with Gasteiger partial charge in [-0.3, -0.25) is 0 Å². The third-order valence-electron chi connectivity index (χ3n) is 3.55. The Morgan fingerprint density at radius 1 is 1.15 bits per heavy atom. The van der Waals surface area contributed by atoms with Crippen molar-refractivity contribution >= 4 is 10.9 Å². The molecule has 0 saturated heterocycles. The van der Waals surface area contributed by atoms with Gasteiger partial charge in [-0.15, -0.1) is 0 Å². The van der Waals surface area contributed by atoms with Crippen molar-refractivity contribution in [1.29, 1.82) is 0 Å². The van der Waals surface area contributed by atoms with E-state index in [9.17, 15) is 0 Å². The SMILES string of the molecule is CCCNCCc1cn(CCOCC)c2ccccc12. The van der Waals surface area contributed by atoms with E-state index in [1.165, 1.54) is 22.9 Å². The monoisotopic (exact) mass is 274 g/mol. The molecule has 0 aliphatic heterocycles. The Kier molecular flexibility index (Phi) is 6.09. The van der Waals surface area contributed by atoms with Crippen molar-refractivity contribution in [2.75, 3.05) is 26.3 Å². The van der Waals surface area contributed by atoms with Crippen LogP contribution in [-0.2, 0) is 17.7 Å². The van der Waals surface area contributed by atoms with Gasteiger partial charge in [-0.2, -0.15) is 0 Å². The maximum Gasteiger partial charge on any atom is 0.0645 e. The van der Waals surface area contributed by atoms with Crippen molar-refractivity contribution in [1.82, 2.24) is 9.88 Å². The van der Waals surface area contributed by atoms with Gasteiger partial charge < -0.3 is 14.6 Å². The first kappa shape index (κ1) is 15.1. The van der Waals surface area contributed by atoms with Crippen LogP contribution in [0.15, 0.2) is 30.5 Å². The Labute approximate surface area is 121 Å². The maximum atomic E-state index is 5.48. The fourth-order valence-corrected chi connectivity index (χ4v) is 2.54. The van der Waals surface area contributed by atoms with Crippen LogP contribution < -0.4 is 5.32 Å². The van der Waals surface area contributed by atoms with Gasteiger partial charge >= 0.3 is 0 Å². The number of hydrogen-bond donors (Lipinski definition) is 1. The number of nitrogens with zero attached hydrogens (tertiary/aromatic N) is 1. The van der Waals surface area contributed by atoms with Crippen molar-refractivity contribution < 1.29 is 4.74 Å². The van der Waals surface area contributed by atoms with Crippen LogP contribution in [0.2, 0.25) is 0 Å². The third kappa shape index (κ3) is 3.84. The predicted octanol–water partition coefficient (Wildman–Crippen LogP) is 3.22. The van der Waals surface area contributed by atoms with Crippen molar-refractivity contribution in [3.63, 3.8) is 0 Å². The van der Waals surface area contributed by atoms with Gasteiger partial charge in [0.1, 0.15) is 0 Å². The summed E-state index contributed by atoms with van der Waals surface area (Å²) in [4.78, 5) is 0. The fraction of sp³-hybridized carbons (Fsp3) is 0.529. The molecule has 0 saturated carbocycles. The van der Waals surface area contributed by atoms with Crippen molar-refractivity contribution in [3.05, 3.63) is 36.0 Å². The number of fused-ring (bicyclic) bond motifs is 1. The standard InChI is InChI=1S/C17H26N2O/c1-3-10-18-11-9-15-14-19(12-13-20-4-2)17-8-6-5-7-16(15)17/h5-8,14,18H,3-4,9-13H2,1-2H3. The van der Waals surface area contributed by atoms with E-state index in [2.05, 4.69) is 47.3 Å². The van der Waals surface area contributed by atoms with Gasteiger partial charge in [0.25, 0.3) is 0 Å². The number of hydrogen-bond acceptors (Lipinski definition) is 2. The number of rotatable bonds is 9. The van der Waals surface area contributed by atoms with Gasteiger partial charge in [-0.25, -0.2) is 0 Å². The van der Waals surface area contributed by atoms with Crippen molar-refractivity contribution in [2.24, 2.45) is 0 Å². The minimum atomic E-state index is 0.780. The highest BCUT2D eigenvalue weighted by Gasteiger charge is 2.07. The van der Waals surface area contributed by atoms with Gasteiger partial charge in [0, 0.05) is 30.3 Å². The Bertz CT molecular complexity index is 519. The van der Waals surface area contributed by atoms with Gasteiger partial charge in [0.05, 0.1) is 6.61 Å². The summed E-state index contributed by atoms with van der Waals surface area (Å²) in [7, 11) is 0. The fourth-order valence-electron chi connectivity index (χ4n) is 2.54. The van der Waals surface area contributed by atoms with Crippen LogP contribution >= 0.6 is 0 Å². The molecule has 1 aromatic carbocycles. The molecule has 1 N–H and O–H groups in total. The molecule has 0 aliphatic rings. The molecule has 0 aliphatic carbocycles. The van der Waals surface area contributed by atoms with Gasteiger partial charge in [-0.05, 0) is 44.5 Å². The topological polar surface area (TPSA) is 26.2 Å². The van der Waals surface area contributed by atoms with Crippen LogP contribution in [0, 0.1) is 0 Å². The second-order valence-corrected chi connectivity index (χ2v) is 5.06. The second kappa shape index (κ2) is 8.08. The zero-order valence-electron chi connectivity index (χ0n) is 12.7. The quantitative estimate of drug-likeness (QED) is 0.711. The highest BCUT2D eigenvalue weighted by Crippen LogP contribution is 2.21. The highest BCUT2D eigenvalue weighted by atomic mass is 16.5. The zero-order chi connectivity index (χ0) is 14.2. The smallest absolute Gasteiger partial charge is 0.0645 e. The van der Waals surface area contributed by atoms with E-state index < -0.39 is 0 Å². The van der Waals surface area contributed by atoms with Crippen molar-refractivity contribution in [3.8, 4) is 0 Å². The molecule has 1 aromatic heterocycles. The molecule has 3 nitrogen and oxygen atoms in total. The van der Waals surface area contributed by atoms with Gasteiger partial charge in [0.15, 0.2) is 0 Å². The van der Waals surface area contributed by atoms with E-state index >= 15 is 0 Å². The molecule has 3 heteroatoms. The summed E-state index contributed by atoms with van der Waals surface area (Å²) in [6, 6.07) is 8.66. The molecule has 2 rings (SSSR count). The summed E-state index contributed by atoms with van der Waals surface area (Å²) < 4.78 is 7.80. The lowest BCUT2D eigenvalue weighted by atomic mass is 10.1. The molecular weight excluding hydrogens is 248 g/mol. The zero-order valence-corrected chi connectivity index (χ0v) is 12.7. The van der Waals surface area contributed by atoms with E-state index in [4.69, 9.17) is 4.74 Å². The van der Waals surface area contributed by atoms with Gasteiger partial charge in [-0.1, -0.05) is 25.1 Å². The molecule has 0 unspecified atom stereocenters. The Morgan fingerprint density at radius 2 is 2.00 bits per heavy atom. The Hall–Kier alpha value is -1.32. The summed E-state index contributed by atoms with van der Waals surface area (Å²) in [6.07, 6.45) is 4.57. The first-order valence-corrected chi connectivity index (χ1v) is 7.72. The number of benzene rings is 1. The van der Waals surface area contributed by atoms with Crippen LogP contribution in [0.1, 0.15) is 25.8 Å². The van der Waals surface area contributed by atoms with E-state index in [1.807, 2.05) is 6.92 Å². The molecule has 0 spiro atoms. The first-order chi connectivity index (χ1) is 9.86. The van der Waals surface area contributed by atoms with Crippen LogP contribution in [-0.4, -0.2) is 30.9 Å². The molecule has 0 amide bonds. The molecule has 2 aromatic rings. The van der Waals surface area contributed by atoms with Crippen molar-refractivity contribution in [2.45, 2.75) is 33.2 Å². The van der Waals surface area contributed by atoms with Crippen LogP contribution in [0.25, 0.3) is 10.9 Å². The van der Waals surface area contributed by atoms with Crippen LogP contribution in [0.4, 0.5) is 0 Å². The molecule has 0 atom stereocenters. The van der Waals surface area contributed by atoms with Crippen LogP contribution in [0.3, 0.4) is 0 Å². The summed E-state index contributed by atoms with van der Waals surface area (Å²) in [5, 5.41) is 4.85. The van der Waals surface area contributed by atoms with Crippen LogP contribution in [0.5, 0.6) is 0 Å². The van der Waals surface area contributed by atoms with E-state index in [0.29, 0.717) is 0 Å². The first-order valence-electron chi connectivity index (χ1n) is 7.72. The molecule has 0 fully saturated rings. The largest absolute Gasteiger partial charge is 0.380 e. The molecule has 20 heavy (non-hydrogen) atoms. The molecular formula is C17H26N2O. The minimum absolute atomic E-state index is 0.780. The second-order valence-electron chi connectivity index (χ2n) is 5.06. The molecule has 0 bridgehead atoms. The van der Waals surface area contributed by atoms with E-state index in [-0.39, 0.29) is 0 Å². The Morgan fingerprint density at radius 3 is 2.80 bits per heavy atom. The minimum Gasteiger partial charge on any atom is -0.380 e. The lowest BCUT2D eigenvalue weighted by molar-refractivity contribution is 0.140. The molecule has 110 valence electrons. The predicted molar refractivity (Wildman–Crippen MR) is 85.3 cm³/mol. The number of nitrogens with one attached hydrogen (secondary N) is 1. The molecule has 1 heterocycles. The summed E-state index contributed by atoms with van der Waals surface area (Å²) in [6.45, 7) is 8.88. The van der Waals surface area contributed by atoms with Gasteiger partial charge in [0.2, 0.25) is 0 Å². The molecule has 0 radical (unpaired) electrons. The number of ether oxygens (including phenoxy) is 1. The van der Waals surface area contributed by atoms with E-state index in [1.54, 1.807) is 0 Å². The summed E-state index contributed by atoms with van der Waals surface area (Å²) >= 11 is 0. The maximum absolute atomic E-state index is 5.48. The normalized spacial score (nSPS) is 11.3. The summed E-state index contributed by atoms with van der Waals surface area (Å²) in [5.41, 5.74) is 2.75. The number of para-hydroxylation sites is 1. The third-order valence-corrected chi connectivity index (χ3v) is 3.55. The lowest BCUT2D eigenvalue weighted by Crippen LogP contribution is -2.17. The average Bonchev–Trinajstić information content (AvgIpc) is 2.83. The average molecular weight is 274 g/mol.